The highest BCUT2D eigenvalue weighted by Crippen LogP contribution is 2.39. The van der Waals surface area contributed by atoms with Crippen molar-refractivity contribution in [3.8, 4) is 16.9 Å². The number of aromatic hydroxyl groups is 1. The van der Waals surface area contributed by atoms with E-state index in [1.807, 2.05) is 18.2 Å². The maximum absolute atomic E-state index is 11.1. The van der Waals surface area contributed by atoms with Crippen LogP contribution in [-0.4, -0.2) is 20.5 Å². The van der Waals surface area contributed by atoms with Gasteiger partial charge in [0.15, 0.2) is 0 Å². The molecule has 26 heavy (non-hydrogen) atoms. The number of phenolic OH excluding ortho intramolecular Hbond substituents is 1. The van der Waals surface area contributed by atoms with Gasteiger partial charge in [0.1, 0.15) is 16.8 Å². The van der Waals surface area contributed by atoms with E-state index < -0.39 is 0 Å². The summed E-state index contributed by atoms with van der Waals surface area (Å²) in [6, 6.07) is 10.2. The average Bonchev–Trinajstić information content (AvgIpc) is 2.96. The molecule has 1 heterocycles. The van der Waals surface area contributed by atoms with E-state index in [-0.39, 0.29) is 10.8 Å². The minimum atomic E-state index is 0.0923. The van der Waals surface area contributed by atoms with Crippen LogP contribution >= 0.6 is 0 Å². The molecule has 3 aromatic rings. The third kappa shape index (κ3) is 4.06. The van der Waals surface area contributed by atoms with Crippen molar-refractivity contribution >= 4 is 11.0 Å². The first kappa shape index (κ1) is 18.4. The van der Waals surface area contributed by atoms with Gasteiger partial charge in [0, 0.05) is 11.1 Å². The highest BCUT2D eigenvalue weighted by Gasteiger charge is 2.21. The fourth-order valence-corrected chi connectivity index (χ4v) is 3.47. The Morgan fingerprint density at radius 2 is 1.58 bits per heavy atom. The number of nitrogens with zero attached hydrogens (tertiary/aromatic N) is 2. The zero-order chi connectivity index (χ0) is 19.1. The molecule has 0 bridgehead atoms. The number of phenols is 1. The van der Waals surface area contributed by atoms with Gasteiger partial charge in [0.05, 0.1) is 0 Å². The number of fused-ring (bicyclic) bond motifs is 1. The lowest BCUT2D eigenvalue weighted by molar-refractivity contribution is 0.392. The van der Waals surface area contributed by atoms with Crippen LogP contribution in [0.15, 0.2) is 30.3 Å². The second-order valence-electron chi connectivity index (χ2n) is 9.62. The van der Waals surface area contributed by atoms with Gasteiger partial charge in [-0.25, -0.2) is 0 Å². The summed E-state index contributed by atoms with van der Waals surface area (Å²) in [6.45, 7) is 13.3. The monoisotopic (exact) mass is 351 g/mol. The van der Waals surface area contributed by atoms with Crippen molar-refractivity contribution in [3.05, 3.63) is 41.5 Å². The predicted molar refractivity (Wildman–Crippen MR) is 107 cm³/mol. The number of H-pyrrole nitrogens is 1. The molecule has 2 N–H and O–H groups in total. The molecule has 2 aromatic carbocycles. The van der Waals surface area contributed by atoms with Gasteiger partial charge in [0.25, 0.3) is 0 Å². The third-order valence-electron chi connectivity index (χ3n) is 4.34. The molecular formula is C22H29N3O. The van der Waals surface area contributed by atoms with Crippen LogP contribution in [0.1, 0.15) is 52.7 Å². The standard InChI is InChI=1S/C22H29N3O/c1-21(2,3)12-14-10-15(13-22(4,5)6)20(26)17(11-14)16-8-7-9-18-19(16)24-25-23-18/h7-11,26H,12-13H2,1-6H3,(H,23,24,25). The van der Waals surface area contributed by atoms with Crippen LogP contribution < -0.4 is 0 Å². The molecule has 4 heteroatoms. The van der Waals surface area contributed by atoms with Crippen molar-refractivity contribution in [3.63, 3.8) is 0 Å². The predicted octanol–water partition coefficient (Wildman–Crippen LogP) is 5.51. The Bertz CT molecular complexity index is 927. The summed E-state index contributed by atoms with van der Waals surface area (Å²) in [4.78, 5) is 0. The summed E-state index contributed by atoms with van der Waals surface area (Å²) in [6.07, 6.45) is 1.77. The first-order chi connectivity index (χ1) is 12.0. The second-order valence-corrected chi connectivity index (χ2v) is 9.62. The van der Waals surface area contributed by atoms with Crippen LogP contribution in [0.5, 0.6) is 5.75 Å². The smallest absolute Gasteiger partial charge is 0.126 e. The van der Waals surface area contributed by atoms with Crippen molar-refractivity contribution in [1.29, 1.82) is 0 Å². The second kappa shape index (κ2) is 6.42. The lowest BCUT2D eigenvalue weighted by Gasteiger charge is -2.23. The zero-order valence-electron chi connectivity index (χ0n) is 16.6. The molecule has 1 aromatic heterocycles. The molecule has 4 nitrogen and oxygen atoms in total. The zero-order valence-corrected chi connectivity index (χ0v) is 16.6. The molecule has 0 aliphatic rings. The van der Waals surface area contributed by atoms with Gasteiger partial charge in [-0.05, 0) is 46.9 Å². The summed E-state index contributed by atoms with van der Waals surface area (Å²) in [5.74, 6) is 0.355. The lowest BCUT2D eigenvalue weighted by atomic mass is 9.82. The minimum absolute atomic E-state index is 0.0923. The number of nitrogens with one attached hydrogen (secondary N) is 1. The molecular weight excluding hydrogens is 322 g/mol. The number of hydrogen-bond acceptors (Lipinski definition) is 3. The molecule has 0 atom stereocenters. The molecule has 0 spiro atoms. The van der Waals surface area contributed by atoms with E-state index in [1.165, 1.54) is 5.56 Å². The van der Waals surface area contributed by atoms with E-state index >= 15 is 0 Å². The van der Waals surface area contributed by atoms with Gasteiger partial charge in [-0.2, -0.15) is 15.4 Å². The molecule has 0 radical (unpaired) electrons. The number of rotatable bonds is 3. The SMILES string of the molecule is CC(C)(C)Cc1cc(CC(C)(C)C)c(O)c(-c2cccc3n[nH]nc23)c1. The average molecular weight is 351 g/mol. The van der Waals surface area contributed by atoms with Crippen LogP contribution in [0, 0.1) is 10.8 Å². The number of benzene rings is 2. The number of para-hydroxylation sites is 1. The van der Waals surface area contributed by atoms with Gasteiger partial charge in [-0.1, -0.05) is 59.7 Å². The van der Waals surface area contributed by atoms with Crippen molar-refractivity contribution in [2.24, 2.45) is 10.8 Å². The molecule has 0 amide bonds. The Labute approximate surface area is 155 Å². The maximum atomic E-state index is 11.1. The highest BCUT2D eigenvalue weighted by atomic mass is 16.3. The molecule has 0 aliphatic carbocycles. The Balaban J connectivity index is 2.21. The van der Waals surface area contributed by atoms with Crippen molar-refractivity contribution in [2.75, 3.05) is 0 Å². The molecule has 0 aliphatic heterocycles. The Morgan fingerprint density at radius 1 is 0.885 bits per heavy atom. The van der Waals surface area contributed by atoms with Crippen molar-refractivity contribution in [2.45, 2.75) is 54.4 Å². The van der Waals surface area contributed by atoms with Crippen LogP contribution in [0.3, 0.4) is 0 Å². The topological polar surface area (TPSA) is 61.8 Å². The summed E-state index contributed by atoms with van der Waals surface area (Å²) in [7, 11) is 0. The molecule has 0 fully saturated rings. The van der Waals surface area contributed by atoms with E-state index in [0.717, 1.165) is 40.6 Å². The van der Waals surface area contributed by atoms with Gasteiger partial charge >= 0.3 is 0 Å². The molecule has 0 saturated heterocycles. The van der Waals surface area contributed by atoms with E-state index in [1.54, 1.807) is 0 Å². The third-order valence-corrected chi connectivity index (χ3v) is 4.34. The van der Waals surface area contributed by atoms with Crippen LogP contribution in [0.25, 0.3) is 22.2 Å². The Kier molecular flexibility index (Phi) is 4.55. The van der Waals surface area contributed by atoms with Crippen molar-refractivity contribution < 1.29 is 5.11 Å². The molecule has 0 unspecified atom stereocenters. The van der Waals surface area contributed by atoms with Gasteiger partial charge < -0.3 is 5.11 Å². The first-order valence-electron chi connectivity index (χ1n) is 9.18. The quantitative estimate of drug-likeness (QED) is 0.654. The van der Waals surface area contributed by atoms with Gasteiger partial charge in [-0.3, -0.25) is 0 Å². The molecule has 3 rings (SSSR count). The van der Waals surface area contributed by atoms with Crippen LogP contribution in [0.4, 0.5) is 0 Å². The number of aromatic nitrogens is 3. The number of aromatic amines is 1. The van der Waals surface area contributed by atoms with Crippen molar-refractivity contribution in [1.82, 2.24) is 15.4 Å². The van der Waals surface area contributed by atoms with E-state index in [9.17, 15) is 5.11 Å². The molecule has 138 valence electrons. The lowest BCUT2D eigenvalue weighted by Crippen LogP contribution is -2.12. The first-order valence-corrected chi connectivity index (χ1v) is 9.18. The molecule has 0 saturated carbocycles. The van der Waals surface area contributed by atoms with Crippen LogP contribution in [0.2, 0.25) is 0 Å². The largest absolute Gasteiger partial charge is 0.507 e. The summed E-state index contributed by atoms with van der Waals surface area (Å²) >= 11 is 0. The summed E-state index contributed by atoms with van der Waals surface area (Å²) in [5.41, 5.74) is 5.85. The summed E-state index contributed by atoms with van der Waals surface area (Å²) < 4.78 is 0. The Morgan fingerprint density at radius 3 is 2.23 bits per heavy atom. The van der Waals surface area contributed by atoms with Crippen LogP contribution in [-0.2, 0) is 12.8 Å². The Hall–Kier alpha value is -2.36. The fraction of sp³-hybridized carbons (Fsp3) is 0.455. The normalized spacial score (nSPS) is 12.7. The summed E-state index contributed by atoms with van der Waals surface area (Å²) in [5, 5.41) is 22.2. The van der Waals surface area contributed by atoms with Gasteiger partial charge in [0.2, 0.25) is 0 Å². The minimum Gasteiger partial charge on any atom is -0.507 e. The number of hydrogen-bond donors (Lipinski definition) is 2. The van der Waals surface area contributed by atoms with E-state index in [4.69, 9.17) is 0 Å². The van der Waals surface area contributed by atoms with E-state index in [0.29, 0.717) is 5.75 Å². The highest BCUT2D eigenvalue weighted by molar-refractivity contribution is 5.93. The fourth-order valence-electron chi connectivity index (χ4n) is 3.47. The van der Waals surface area contributed by atoms with E-state index in [2.05, 4.69) is 69.1 Å². The van der Waals surface area contributed by atoms with Gasteiger partial charge in [-0.15, -0.1) is 0 Å². The maximum Gasteiger partial charge on any atom is 0.126 e.